The lowest BCUT2D eigenvalue weighted by atomic mass is 9.87. The summed E-state index contributed by atoms with van der Waals surface area (Å²) in [5.74, 6) is 0.951. The molecule has 2 N–H and O–H groups in total. The fourth-order valence-electron chi connectivity index (χ4n) is 6.01. The van der Waals surface area contributed by atoms with Crippen LogP contribution >= 0.6 is 0 Å². The average Bonchev–Trinajstić information content (AvgIpc) is 3.46. The number of piperidine rings is 1. The van der Waals surface area contributed by atoms with Gasteiger partial charge in [0.05, 0.1) is 18.3 Å². The van der Waals surface area contributed by atoms with E-state index in [0.29, 0.717) is 37.9 Å². The van der Waals surface area contributed by atoms with Crippen molar-refractivity contribution in [3.63, 3.8) is 0 Å². The number of β-amino-alcohol motifs (C(OH)–C–C–N with tert-alkyl or cyclic N) is 1. The topological polar surface area (TPSA) is 81.6 Å². The number of carbonyl (C=O) groups excluding carboxylic acids is 1. The Morgan fingerprint density at radius 2 is 1.89 bits per heavy atom. The third-order valence-electron chi connectivity index (χ3n) is 8.03. The van der Waals surface area contributed by atoms with E-state index in [1.165, 1.54) is 16.5 Å². The molecule has 2 saturated heterocycles. The van der Waals surface area contributed by atoms with E-state index in [4.69, 9.17) is 0 Å². The zero-order valence-corrected chi connectivity index (χ0v) is 21.9. The fraction of sp³-hybridized carbons (Fsp3) is 0.517. The Kier molecular flexibility index (Phi) is 6.79. The lowest BCUT2D eigenvalue weighted by Crippen LogP contribution is -2.42. The molecule has 0 saturated carbocycles. The van der Waals surface area contributed by atoms with E-state index in [0.717, 1.165) is 48.3 Å². The van der Waals surface area contributed by atoms with Gasteiger partial charge >= 0.3 is 0 Å². The number of fused-ring (bicyclic) bond motifs is 1. The summed E-state index contributed by atoms with van der Waals surface area (Å²) in [4.78, 5) is 32.5. The second-order valence-corrected chi connectivity index (χ2v) is 11.0. The van der Waals surface area contributed by atoms with Crippen LogP contribution in [0.15, 0.2) is 35.3 Å². The number of aliphatic hydroxyl groups excluding tert-OH is 1. The van der Waals surface area contributed by atoms with E-state index in [-0.39, 0.29) is 17.6 Å². The van der Waals surface area contributed by atoms with Gasteiger partial charge in [-0.2, -0.15) is 0 Å². The van der Waals surface area contributed by atoms with Crippen LogP contribution in [-0.2, 0) is 11.8 Å². The molecule has 5 rings (SSSR count). The van der Waals surface area contributed by atoms with E-state index in [1.807, 2.05) is 26.2 Å². The zero-order chi connectivity index (χ0) is 25.6. The quantitative estimate of drug-likeness (QED) is 0.571. The minimum Gasteiger partial charge on any atom is -0.391 e. The van der Waals surface area contributed by atoms with Crippen LogP contribution in [-0.4, -0.2) is 69.2 Å². The molecule has 0 unspecified atom stereocenters. The third-order valence-corrected chi connectivity index (χ3v) is 8.03. The largest absolute Gasteiger partial charge is 0.391 e. The summed E-state index contributed by atoms with van der Waals surface area (Å²) in [5.41, 5.74) is 6.70. The van der Waals surface area contributed by atoms with Crippen molar-refractivity contribution in [1.29, 1.82) is 0 Å². The predicted molar refractivity (Wildman–Crippen MR) is 143 cm³/mol. The van der Waals surface area contributed by atoms with Gasteiger partial charge in [-0.15, -0.1) is 0 Å². The lowest BCUT2D eigenvalue weighted by Gasteiger charge is -2.32. The summed E-state index contributed by atoms with van der Waals surface area (Å²) in [5, 5.41) is 11.0. The summed E-state index contributed by atoms with van der Waals surface area (Å²) >= 11 is 0. The van der Waals surface area contributed by atoms with Gasteiger partial charge in [0.2, 0.25) is 5.91 Å². The van der Waals surface area contributed by atoms with Gasteiger partial charge in [-0.05, 0) is 80.4 Å². The minimum absolute atomic E-state index is 0.0364. The number of hydrogen-bond donors (Lipinski definition) is 2. The van der Waals surface area contributed by atoms with E-state index >= 15 is 0 Å². The molecule has 2 aliphatic rings. The number of hydrogen-bond acceptors (Lipinski definition) is 4. The Morgan fingerprint density at radius 1 is 1.14 bits per heavy atom. The molecule has 4 heterocycles. The summed E-state index contributed by atoms with van der Waals surface area (Å²) in [6.45, 7) is 9.75. The van der Waals surface area contributed by atoms with Crippen molar-refractivity contribution in [2.45, 2.75) is 58.0 Å². The Bertz CT molecular complexity index is 1300. The Labute approximate surface area is 212 Å². The van der Waals surface area contributed by atoms with Gasteiger partial charge in [-0.25, -0.2) is 0 Å². The highest BCUT2D eigenvalue weighted by Gasteiger charge is 2.28. The van der Waals surface area contributed by atoms with Crippen LogP contribution in [0.2, 0.25) is 0 Å². The number of aryl methyl sites for hydroxylation is 2. The number of rotatable bonds is 5. The number of amides is 1. The van der Waals surface area contributed by atoms with Gasteiger partial charge < -0.3 is 19.6 Å². The summed E-state index contributed by atoms with van der Waals surface area (Å²) < 4.78 is 1.66. The van der Waals surface area contributed by atoms with Crippen LogP contribution in [0, 0.1) is 6.92 Å². The van der Waals surface area contributed by atoms with Crippen LogP contribution in [0.3, 0.4) is 0 Å². The fourth-order valence-corrected chi connectivity index (χ4v) is 6.01. The minimum atomic E-state index is -0.364. The highest BCUT2D eigenvalue weighted by atomic mass is 16.3. The second-order valence-electron chi connectivity index (χ2n) is 11.0. The average molecular weight is 491 g/mol. The Balaban J connectivity index is 1.35. The number of pyridine rings is 1. The zero-order valence-electron chi connectivity index (χ0n) is 21.9. The van der Waals surface area contributed by atoms with Gasteiger partial charge in [0.1, 0.15) is 0 Å². The maximum Gasteiger partial charge on any atom is 0.253 e. The van der Waals surface area contributed by atoms with Crippen molar-refractivity contribution in [2.75, 3.05) is 32.7 Å². The smallest absolute Gasteiger partial charge is 0.253 e. The molecule has 192 valence electrons. The molecule has 1 atom stereocenters. The number of carbonyl (C=O) groups is 1. The Hall–Kier alpha value is -2.90. The summed E-state index contributed by atoms with van der Waals surface area (Å²) in [6, 6.07) is 8.79. The van der Waals surface area contributed by atoms with E-state index in [9.17, 15) is 14.7 Å². The maximum absolute atomic E-state index is 12.6. The van der Waals surface area contributed by atoms with Gasteiger partial charge in [0, 0.05) is 48.4 Å². The highest BCUT2D eigenvalue weighted by molar-refractivity contribution is 5.92. The molecule has 0 aliphatic carbocycles. The van der Waals surface area contributed by atoms with Crippen LogP contribution in [0.25, 0.3) is 22.2 Å². The standard InChI is InChI=1S/C29H38N4O3/c1-18(2)27-24-14-21(5-6-25(24)30-28(27)22-13-19(3)29(36)31(4)15-22)20-7-10-32(11-8-20)17-26(35)33-12-9-23(34)16-33/h5-6,13-15,18,20,23,30,34H,7-12,16-17H2,1-4H3/t23-/m1/s1. The molecular formula is C29H38N4O3. The lowest BCUT2D eigenvalue weighted by molar-refractivity contribution is -0.132. The van der Waals surface area contributed by atoms with E-state index in [1.54, 1.807) is 9.47 Å². The molecule has 0 radical (unpaired) electrons. The number of benzene rings is 1. The van der Waals surface area contributed by atoms with Crippen molar-refractivity contribution < 1.29 is 9.90 Å². The van der Waals surface area contributed by atoms with Crippen LogP contribution in [0.1, 0.15) is 61.6 Å². The van der Waals surface area contributed by atoms with Gasteiger partial charge in [-0.3, -0.25) is 14.5 Å². The summed E-state index contributed by atoms with van der Waals surface area (Å²) in [6.07, 6.45) is 4.33. The van der Waals surface area contributed by atoms with Crippen LogP contribution < -0.4 is 5.56 Å². The first kappa shape index (κ1) is 24.8. The van der Waals surface area contributed by atoms with Crippen LogP contribution in [0.5, 0.6) is 0 Å². The second kappa shape index (κ2) is 9.87. The molecule has 2 aliphatic heterocycles. The first-order valence-corrected chi connectivity index (χ1v) is 13.2. The number of H-pyrrole nitrogens is 1. The number of nitrogens with zero attached hydrogens (tertiary/aromatic N) is 3. The van der Waals surface area contributed by atoms with Crippen molar-refractivity contribution in [3.05, 3.63) is 57.5 Å². The molecule has 7 nitrogen and oxygen atoms in total. The summed E-state index contributed by atoms with van der Waals surface area (Å²) in [7, 11) is 1.81. The normalized spacial score (nSPS) is 19.6. The van der Waals surface area contributed by atoms with Crippen molar-refractivity contribution in [3.8, 4) is 11.3 Å². The molecule has 7 heteroatoms. The van der Waals surface area contributed by atoms with Crippen molar-refractivity contribution in [1.82, 2.24) is 19.4 Å². The van der Waals surface area contributed by atoms with Crippen molar-refractivity contribution in [2.24, 2.45) is 7.05 Å². The third kappa shape index (κ3) is 4.74. The first-order chi connectivity index (χ1) is 17.2. The molecule has 0 bridgehead atoms. The number of aliphatic hydroxyl groups is 1. The maximum atomic E-state index is 12.6. The molecule has 0 spiro atoms. The highest BCUT2D eigenvalue weighted by Crippen LogP contribution is 2.38. The van der Waals surface area contributed by atoms with E-state index in [2.05, 4.69) is 41.9 Å². The number of aromatic amines is 1. The number of likely N-dealkylation sites (tertiary alicyclic amines) is 2. The molecule has 2 fully saturated rings. The van der Waals surface area contributed by atoms with Crippen LogP contribution in [0.4, 0.5) is 0 Å². The molecule has 36 heavy (non-hydrogen) atoms. The molecular weight excluding hydrogens is 452 g/mol. The van der Waals surface area contributed by atoms with Crippen molar-refractivity contribution >= 4 is 16.8 Å². The van der Waals surface area contributed by atoms with Gasteiger partial charge in [-0.1, -0.05) is 19.9 Å². The molecule has 3 aromatic rings. The first-order valence-electron chi connectivity index (χ1n) is 13.2. The predicted octanol–water partition coefficient (Wildman–Crippen LogP) is 3.74. The number of nitrogens with one attached hydrogen (secondary N) is 1. The number of aromatic nitrogens is 2. The molecule has 2 aromatic heterocycles. The Morgan fingerprint density at radius 3 is 2.53 bits per heavy atom. The van der Waals surface area contributed by atoms with Gasteiger partial charge in [0.25, 0.3) is 5.56 Å². The molecule has 1 amide bonds. The molecule has 1 aromatic carbocycles. The van der Waals surface area contributed by atoms with Gasteiger partial charge in [0.15, 0.2) is 0 Å². The SMILES string of the molecule is Cc1cc(-c2[nH]c3ccc(C4CCN(CC(=O)N5CC[C@@H](O)C5)CC4)cc3c2C(C)C)cn(C)c1=O. The monoisotopic (exact) mass is 490 g/mol. The van der Waals surface area contributed by atoms with E-state index < -0.39 is 0 Å².